The number of hydrogen-bond donors (Lipinski definition) is 0. The van der Waals surface area contributed by atoms with Gasteiger partial charge in [-0.3, -0.25) is 0 Å². The van der Waals surface area contributed by atoms with Crippen LogP contribution in [0, 0.1) is 6.92 Å². The molecular formula is C21H19ClN4. The zero-order chi connectivity index (χ0) is 18.3. The Balaban J connectivity index is 2.06. The van der Waals surface area contributed by atoms with Gasteiger partial charge >= 0.3 is 0 Å². The molecule has 0 fully saturated rings. The molecule has 130 valence electrons. The van der Waals surface area contributed by atoms with Crippen LogP contribution in [0.2, 0.25) is 5.02 Å². The quantitative estimate of drug-likeness (QED) is 0.507. The Kier molecular flexibility index (Phi) is 4.13. The second-order valence-electron chi connectivity index (χ2n) is 6.50. The van der Waals surface area contributed by atoms with Gasteiger partial charge in [0.1, 0.15) is 12.1 Å². The fourth-order valence-corrected chi connectivity index (χ4v) is 3.32. The van der Waals surface area contributed by atoms with Gasteiger partial charge in [0.15, 0.2) is 5.65 Å². The molecule has 5 heteroatoms. The maximum atomic E-state index is 6.37. The zero-order valence-corrected chi connectivity index (χ0v) is 15.7. The lowest BCUT2D eigenvalue weighted by Gasteiger charge is -2.13. The Bertz CT molecular complexity index is 1080. The lowest BCUT2D eigenvalue weighted by Crippen LogP contribution is -2.11. The van der Waals surface area contributed by atoms with E-state index in [4.69, 9.17) is 11.6 Å². The molecule has 0 unspecified atom stereocenters. The summed E-state index contributed by atoms with van der Waals surface area (Å²) in [4.78, 5) is 11.1. The zero-order valence-electron chi connectivity index (χ0n) is 14.9. The van der Waals surface area contributed by atoms with Gasteiger partial charge in [0.2, 0.25) is 0 Å². The Morgan fingerprint density at radius 2 is 1.77 bits per heavy atom. The molecule has 4 aromatic rings. The van der Waals surface area contributed by atoms with Gasteiger partial charge in [0.25, 0.3) is 0 Å². The summed E-state index contributed by atoms with van der Waals surface area (Å²) in [5, 5.41) is 1.77. The van der Waals surface area contributed by atoms with E-state index in [-0.39, 0.29) is 0 Å². The Morgan fingerprint density at radius 3 is 2.46 bits per heavy atom. The highest BCUT2D eigenvalue weighted by molar-refractivity contribution is 6.31. The van der Waals surface area contributed by atoms with Crippen molar-refractivity contribution in [2.24, 2.45) is 0 Å². The van der Waals surface area contributed by atoms with Gasteiger partial charge in [-0.05, 0) is 30.2 Å². The third-order valence-corrected chi connectivity index (χ3v) is 4.91. The first-order valence-corrected chi connectivity index (χ1v) is 8.79. The Hall–Kier alpha value is -2.85. The van der Waals surface area contributed by atoms with Crippen LogP contribution in [0.15, 0.2) is 61.1 Å². The number of anilines is 1. The average molecular weight is 363 g/mol. The second kappa shape index (κ2) is 6.46. The summed E-state index contributed by atoms with van der Waals surface area (Å²) >= 11 is 6.37. The van der Waals surface area contributed by atoms with Gasteiger partial charge in [-0.25, -0.2) is 9.97 Å². The molecule has 0 amide bonds. The van der Waals surface area contributed by atoms with E-state index in [9.17, 15) is 0 Å². The van der Waals surface area contributed by atoms with E-state index in [2.05, 4.69) is 38.9 Å². The van der Waals surface area contributed by atoms with Crippen molar-refractivity contribution in [3.63, 3.8) is 0 Å². The number of fused-ring (bicyclic) bond motifs is 1. The van der Waals surface area contributed by atoms with E-state index in [1.807, 2.05) is 56.3 Å². The number of nitrogens with zero attached hydrogens (tertiary/aromatic N) is 4. The van der Waals surface area contributed by atoms with Crippen LogP contribution in [0.25, 0.3) is 27.8 Å². The molecule has 26 heavy (non-hydrogen) atoms. The second-order valence-corrected chi connectivity index (χ2v) is 6.91. The van der Waals surface area contributed by atoms with Crippen LogP contribution in [-0.4, -0.2) is 28.6 Å². The molecule has 2 aromatic heterocycles. The first kappa shape index (κ1) is 16.6. The van der Waals surface area contributed by atoms with Gasteiger partial charge in [-0.1, -0.05) is 48.0 Å². The number of aromatic nitrogens is 3. The fourth-order valence-electron chi connectivity index (χ4n) is 3.15. The SMILES string of the molecule is Cc1ccc(-n2cc(-c3ccccc3)c3c(N(C)C)ncnc32)cc1Cl. The minimum atomic E-state index is 0.743. The van der Waals surface area contributed by atoms with Crippen LogP contribution in [0.5, 0.6) is 0 Å². The molecule has 0 saturated carbocycles. The largest absolute Gasteiger partial charge is 0.362 e. The molecule has 0 bridgehead atoms. The van der Waals surface area contributed by atoms with Gasteiger partial charge in [0, 0.05) is 36.6 Å². The minimum Gasteiger partial charge on any atom is -0.362 e. The summed E-state index contributed by atoms with van der Waals surface area (Å²) in [5.41, 5.74) is 5.13. The molecule has 2 heterocycles. The van der Waals surface area contributed by atoms with Crippen molar-refractivity contribution < 1.29 is 0 Å². The van der Waals surface area contributed by atoms with Gasteiger partial charge in [0.05, 0.1) is 5.39 Å². The molecule has 0 saturated heterocycles. The summed E-state index contributed by atoms with van der Waals surface area (Å²) in [7, 11) is 3.99. The van der Waals surface area contributed by atoms with E-state index in [0.717, 1.165) is 44.3 Å². The summed E-state index contributed by atoms with van der Waals surface area (Å²) in [6, 6.07) is 16.4. The van der Waals surface area contributed by atoms with E-state index in [0.29, 0.717) is 0 Å². The van der Waals surface area contributed by atoms with Gasteiger partial charge in [-0.2, -0.15) is 0 Å². The number of halogens is 1. The van der Waals surface area contributed by atoms with Crippen molar-refractivity contribution in [2.75, 3.05) is 19.0 Å². The summed E-state index contributed by atoms with van der Waals surface area (Å²) in [5.74, 6) is 0.894. The molecule has 0 atom stereocenters. The standard InChI is InChI=1S/C21H19ClN4/c1-14-9-10-16(11-18(14)22)26-12-17(15-7-5-4-6-8-15)19-20(25(2)3)23-13-24-21(19)26/h4-13H,1-3H3. The van der Waals surface area contributed by atoms with Crippen LogP contribution in [0.1, 0.15) is 5.56 Å². The van der Waals surface area contributed by atoms with Crippen molar-refractivity contribution in [2.45, 2.75) is 6.92 Å². The van der Waals surface area contributed by atoms with E-state index < -0.39 is 0 Å². The van der Waals surface area contributed by atoms with E-state index in [1.165, 1.54) is 0 Å². The number of benzene rings is 2. The molecule has 0 spiro atoms. The first-order valence-electron chi connectivity index (χ1n) is 8.41. The topological polar surface area (TPSA) is 34.0 Å². The van der Waals surface area contributed by atoms with Gasteiger partial charge in [-0.15, -0.1) is 0 Å². The van der Waals surface area contributed by atoms with E-state index in [1.54, 1.807) is 6.33 Å². The fraction of sp³-hybridized carbons (Fsp3) is 0.143. The predicted octanol–water partition coefficient (Wildman–Crippen LogP) is 5.12. The van der Waals surface area contributed by atoms with Crippen molar-refractivity contribution in [1.82, 2.24) is 14.5 Å². The molecule has 4 rings (SSSR count). The molecule has 0 aliphatic heterocycles. The maximum absolute atomic E-state index is 6.37. The van der Waals surface area contributed by atoms with Gasteiger partial charge < -0.3 is 9.47 Å². The molecule has 2 aromatic carbocycles. The molecular weight excluding hydrogens is 344 g/mol. The lowest BCUT2D eigenvalue weighted by molar-refractivity contribution is 1.04. The molecule has 0 N–H and O–H groups in total. The van der Waals surface area contributed by atoms with Crippen molar-refractivity contribution in [3.05, 3.63) is 71.6 Å². The number of rotatable bonds is 3. The van der Waals surface area contributed by atoms with Crippen LogP contribution >= 0.6 is 11.6 Å². The summed E-state index contributed by atoms with van der Waals surface area (Å²) in [6.07, 6.45) is 3.72. The number of hydrogen-bond acceptors (Lipinski definition) is 3. The highest BCUT2D eigenvalue weighted by atomic mass is 35.5. The molecule has 0 aliphatic rings. The maximum Gasteiger partial charge on any atom is 0.150 e. The summed E-state index contributed by atoms with van der Waals surface area (Å²) in [6.45, 7) is 2.00. The van der Waals surface area contributed by atoms with Crippen molar-refractivity contribution in [3.8, 4) is 16.8 Å². The smallest absolute Gasteiger partial charge is 0.150 e. The monoisotopic (exact) mass is 362 g/mol. The van der Waals surface area contributed by atoms with Crippen molar-refractivity contribution >= 4 is 28.5 Å². The van der Waals surface area contributed by atoms with Crippen LogP contribution in [0.3, 0.4) is 0 Å². The minimum absolute atomic E-state index is 0.743. The van der Waals surface area contributed by atoms with E-state index >= 15 is 0 Å². The third kappa shape index (κ3) is 2.72. The summed E-state index contributed by atoms with van der Waals surface area (Å²) < 4.78 is 2.08. The van der Waals surface area contributed by atoms with Crippen LogP contribution in [0.4, 0.5) is 5.82 Å². The lowest BCUT2D eigenvalue weighted by atomic mass is 10.1. The molecule has 0 radical (unpaired) electrons. The molecule has 0 aliphatic carbocycles. The number of aryl methyl sites for hydroxylation is 1. The Morgan fingerprint density at radius 1 is 1.00 bits per heavy atom. The normalized spacial score (nSPS) is 11.1. The van der Waals surface area contributed by atoms with Crippen LogP contribution < -0.4 is 4.90 Å². The molecule has 4 nitrogen and oxygen atoms in total. The average Bonchev–Trinajstić information content (AvgIpc) is 3.04. The first-order chi connectivity index (χ1) is 12.6. The highest BCUT2D eigenvalue weighted by Crippen LogP contribution is 2.36. The van der Waals surface area contributed by atoms with Crippen molar-refractivity contribution in [1.29, 1.82) is 0 Å². The van der Waals surface area contributed by atoms with Crippen LogP contribution in [-0.2, 0) is 0 Å². The Labute approximate surface area is 157 Å². The predicted molar refractivity (Wildman–Crippen MR) is 108 cm³/mol. The third-order valence-electron chi connectivity index (χ3n) is 4.50. The highest BCUT2D eigenvalue weighted by Gasteiger charge is 2.18.